The molecule has 7 heteroatoms. The van der Waals surface area contributed by atoms with E-state index in [1.165, 1.54) is 18.3 Å². The smallest absolute Gasteiger partial charge is 0.282 e. The molecule has 0 fully saturated rings. The summed E-state index contributed by atoms with van der Waals surface area (Å²) in [6.45, 7) is 0.0391. The summed E-state index contributed by atoms with van der Waals surface area (Å²) in [6.07, 6.45) is 1.35. The largest absolute Gasteiger partial charge is 0.454 e. The fourth-order valence-corrected chi connectivity index (χ4v) is 2.83. The summed E-state index contributed by atoms with van der Waals surface area (Å²) in [6, 6.07) is 22.1. The van der Waals surface area contributed by atoms with Crippen LogP contribution in [0.3, 0.4) is 0 Å². The quantitative estimate of drug-likeness (QED) is 0.381. The maximum atomic E-state index is 11.4. The van der Waals surface area contributed by atoms with E-state index in [-0.39, 0.29) is 12.5 Å². The van der Waals surface area contributed by atoms with E-state index in [0.29, 0.717) is 22.8 Å². The molecular formula is C21H15N3O4. The molecule has 0 unspecified atom stereocenters. The number of nitro groups is 1. The van der Waals surface area contributed by atoms with E-state index in [2.05, 4.69) is 10.2 Å². The Labute approximate surface area is 160 Å². The van der Waals surface area contributed by atoms with Crippen LogP contribution in [-0.4, -0.2) is 23.6 Å². The molecule has 0 aromatic heterocycles. The van der Waals surface area contributed by atoms with Gasteiger partial charge < -0.3 is 9.47 Å². The molecule has 0 aliphatic carbocycles. The van der Waals surface area contributed by atoms with Gasteiger partial charge in [-0.15, -0.1) is 5.10 Å². The highest BCUT2D eigenvalue weighted by Crippen LogP contribution is 2.37. The predicted octanol–water partition coefficient (Wildman–Crippen LogP) is 4.20. The van der Waals surface area contributed by atoms with Gasteiger partial charge in [0, 0.05) is 11.1 Å². The van der Waals surface area contributed by atoms with Gasteiger partial charge in [-0.05, 0) is 6.07 Å². The van der Waals surface area contributed by atoms with Gasteiger partial charge in [0.1, 0.15) is 5.71 Å². The minimum Gasteiger partial charge on any atom is -0.454 e. The Morgan fingerprint density at radius 2 is 1.50 bits per heavy atom. The van der Waals surface area contributed by atoms with Gasteiger partial charge in [0.15, 0.2) is 11.5 Å². The van der Waals surface area contributed by atoms with Crippen molar-refractivity contribution in [3.8, 4) is 11.5 Å². The van der Waals surface area contributed by atoms with Gasteiger partial charge >= 0.3 is 0 Å². The van der Waals surface area contributed by atoms with Crippen LogP contribution in [-0.2, 0) is 0 Å². The second-order valence-electron chi connectivity index (χ2n) is 5.95. The number of fused-ring (bicyclic) bond motifs is 1. The second-order valence-corrected chi connectivity index (χ2v) is 5.95. The van der Waals surface area contributed by atoms with Crippen molar-refractivity contribution >= 4 is 17.6 Å². The third-order valence-corrected chi connectivity index (χ3v) is 4.17. The zero-order valence-electron chi connectivity index (χ0n) is 14.7. The number of rotatable bonds is 5. The fraction of sp³-hybridized carbons (Fsp3) is 0.0476. The van der Waals surface area contributed by atoms with Crippen molar-refractivity contribution in [2.45, 2.75) is 0 Å². The summed E-state index contributed by atoms with van der Waals surface area (Å²) in [5, 5.41) is 19.8. The molecule has 28 heavy (non-hydrogen) atoms. The van der Waals surface area contributed by atoms with Gasteiger partial charge in [-0.2, -0.15) is 5.10 Å². The lowest BCUT2D eigenvalue weighted by Crippen LogP contribution is -2.02. The van der Waals surface area contributed by atoms with Crippen LogP contribution in [0.4, 0.5) is 5.69 Å². The molecule has 0 bridgehead atoms. The molecule has 0 amide bonds. The molecule has 0 saturated carbocycles. The zero-order valence-corrected chi connectivity index (χ0v) is 14.7. The average Bonchev–Trinajstić information content (AvgIpc) is 3.19. The minimum absolute atomic E-state index is 0.0391. The Balaban J connectivity index is 1.73. The van der Waals surface area contributed by atoms with E-state index in [1.807, 2.05) is 60.7 Å². The normalized spacial score (nSPS) is 12.1. The Morgan fingerprint density at radius 3 is 2.07 bits per heavy atom. The van der Waals surface area contributed by atoms with Crippen molar-refractivity contribution in [3.05, 3.63) is 99.6 Å². The number of hydrogen-bond acceptors (Lipinski definition) is 6. The average molecular weight is 373 g/mol. The van der Waals surface area contributed by atoms with Gasteiger partial charge in [0.05, 0.1) is 22.8 Å². The van der Waals surface area contributed by atoms with E-state index in [4.69, 9.17) is 9.47 Å². The number of hydrogen-bond donors (Lipinski definition) is 0. The molecule has 1 aliphatic rings. The summed E-state index contributed by atoms with van der Waals surface area (Å²) < 4.78 is 10.5. The van der Waals surface area contributed by atoms with E-state index in [0.717, 1.165) is 11.1 Å². The van der Waals surface area contributed by atoms with Gasteiger partial charge in [0.2, 0.25) is 6.79 Å². The van der Waals surface area contributed by atoms with Gasteiger partial charge in [-0.25, -0.2) is 0 Å². The highest BCUT2D eigenvalue weighted by atomic mass is 16.7. The highest BCUT2D eigenvalue weighted by Gasteiger charge is 2.22. The molecule has 0 saturated heterocycles. The van der Waals surface area contributed by atoms with Gasteiger partial charge in [-0.1, -0.05) is 60.7 Å². The molecule has 3 aromatic rings. The van der Waals surface area contributed by atoms with Crippen LogP contribution < -0.4 is 9.47 Å². The Morgan fingerprint density at radius 1 is 0.929 bits per heavy atom. The monoisotopic (exact) mass is 373 g/mol. The van der Waals surface area contributed by atoms with Crippen LogP contribution in [0.25, 0.3) is 0 Å². The molecule has 1 aliphatic heterocycles. The maximum Gasteiger partial charge on any atom is 0.282 e. The summed E-state index contributed by atoms with van der Waals surface area (Å²) in [7, 11) is 0. The summed E-state index contributed by atoms with van der Waals surface area (Å²) in [5.74, 6) is 0.795. The number of nitro benzene ring substituents is 1. The van der Waals surface area contributed by atoms with Crippen LogP contribution in [0.2, 0.25) is 0 Å². The van der Waals surface area contributed by atoms with E-state index >= 15 is 0 Å². The first kappa shape index (κ1) is 17.4. The van der Waals surface area contributed by atoms with Crippen molar-refractivity contribution in [2.75, 3.05) is 6.79 Å². The van der Waals surface area contributed by atoms with E-state index in [9.17, 15) is 10.1 Å². The van der Waals surface area contributed by atoms with Gasteiger partial charge in [0.25, 0.3) is 5.69 Å². The van der Waals surface area contributed by atoms with Crippen LogP contribution in [0, 0.1) is 10.1 Å². The molecule has 1 heterocycles. The first-order chi connectivity index (χ1) is 13.7. The number of nitrogens with zero attached hydrogens (tertiary/aromatic N) is 3. The fourth-order valence-electron chi connectivity index (χ4n) is 2.83. The standard InChI is InChI=1S/C21H15N3O4/c25-24(26)18-12-20-19(27-14-28-20)11-17(18)13-22-23-21(15-7-3-1-4-8-15)16-9-5-2-6-10-16/h1-13H,14H2/b22-13+. The molecule has 0 N–H and O–H groups in total. The summed E-state index contributed by atoms with van der Waals surface area (Å²) in [4.78, 5) is 10.9. The third kappa shape index (κ3) is 3.59. The van der Waals surface area contributed by atoms with Crippen molar-refractivity contribution < 1.29 is 14.4 Å². The molecule has 0 radical (unpaired) electrons. The van der Waals surface area contributed by atoms with Crippen LogP contribution in [0.15, 0.2) is 83.0 Å². The molecule has 7 nitrogen and oxygen atoms in total. The van der Waals surface area contributed by atoms with Crippen LogP contribution >= 0.6 is 0 Å². The predicted molar refractivity (Wildman–Crippen MR) is 105 cm³/mol. The van der Waals surface area contributed by atoms with Crippen molar-refractivity contribution in [1.82, 2.24) is 0 Å². The topological polar surface area (TPSA) is 86.3 Å². The molecule has 0 spiro atoms. The summed E-state index contributed by atoms with van der Waals surface area (Å²) in [5.41, 5.74) is 2.63. The molecule has 0 atom stereocenters. The number of benzene rings is 3. The van der Waals surface area contributed by atoms with Crippen LogP contribution in [0.5, 0.6) is 11.5 Å². The SMILES string of the molecule is O=[N+]([O-])c1cc2c(cc1/C=N/N=C(c1ccccc1)c1ccccc1)OCO2. The minimum atomic E-state index is -0.484. The molecular weight excluding hydrogens is 358 g/mol. The molecule has 3 aromatic carbocycles. The zero-order chi connectivity index (χ0) is 19.3. The second kappa shape index (κ2) is 7.71. The maximum absolute atomic E-state index is 11.4. The lowest BCUT2D eigenvalue weighted by molar-refractivity contribution is -0.385. The molecule has 4 rings (SSSR count). The first-order valence-electron chi connectivity index (χ1n) is 8.52. The first-order valence-corrected chi connectivity index (χ1v) is 8.52. The Hall–Kier alpha value is -4.00. The Kier molecular flexibility index (Phi) is 4.79. The van der Waals surface area contributed by atoms with Crippen LogP contribution in [0.1, 0.15) is 16.7 Å². The van der Waals surface area contributed by atoms with E-state index in [1.54, 1.807) is 0 Å². The third-order valence-electron chi connectivity index (χ3n) is 4.17. The lowest BCUT2D eigenvalue weighted by atomic mass is 10.0. The lowest BCUT2D eigenvalue weighted by Gasteiger charge is -2.05. The van der Waals surface area contributed by atoms with Crippen molar-refractivity contribution in [3.63, 3.8) is 0 Å². The van der Waals surface area contributed by atoms with E-state index < -0.39 is 4.92 Å². The Bertz CT molecular complexity index is 1020. The van der Waals surface area contributed by atoms with Crippen molar-refractivity contribution in [1.29, 1.82) is 0 Å². The molecule has 138 valence electrons. The highest BCUT2D eigenvalue weighted by molar-refractivity contribution is 6.13. The van der Waals surface area contributed by atoms with Crippen molar-refractivity contribution in [2.24, 2.45) is 10.2 Å². The van der Waals surface area contributed by atoms with Gasteiger partial charge in [-0.3, -0.25) is 10.1 Å². The number of ether oxygens (including phenoxy) is 2. The summed E-state index contributed by atoms with van der Waals surface area (Å²) >= 11 is 0.